The summed E-state index contributed by atoms with van der Waals surface area (Å²) in [6.07, 6.45) is 0.729. The highest BCUT2D eigenvalue weighted by molar-refractivity contribution is 7.10. The van der Waals surface area contributed by atoms with Gasteiger partial charge < -0.3 is 20.6 Å². The summed E-state index contributed by atoms with van der Waals surface area (Å²) in [6.45, 7) is 2.36. The van der Waals surface area contributed by atoms with Crippen molar-refractivity contribution in [1.29, 1.82) is 0 Å². The molecule has 9 heteroatoms. The molecule has 156 valence electrons. The fraction of sp³-hybridized carbons (Fsp3) is 0.190. The Morgan fingerprint density at radius 2 is 2.03 bits per heavy atom. The highest BCUT2D eigenvalue weighted by atomic mass is 32.1. The lowest BCUT2D eigenvalue weighted by atomic mass is 10.1. The van der Waals surface area contributed by atoms with Crippen molar-refractivity contribution >= 4 is 40.1 Å². The van der Waals surface area contributed by atoms with Crippen molar-refractivity contribution in [2.24, 2.45) is 11.6 Å². The lowest BCUT2D eigenvalue weighted by Crippen LogP contribution is -2.45. The number of carbonyl (C=O) groups excluding carboxylic acids is 2. The van der Waals surface area contributed by atoms with Crippen LogP contribution in [0.15, 0.2) is 54.6 Å². The fourth-order valence-electron chi connectivity index (χ4n) is 2.81. The molecule has 2 aromatic carbocycles. The van der Waals surface area contributed by atoms with Gasteiger partial charge in [0.15, 0.2) is 0 Å². The first-order valence-corrected chi connectivity index (χ1v) is 10.0. The number of nitrogens with zero attached hydrogens (tertiary/aromatic N) is 2. The van der Waals surface area contributed by atoms with Crippen LogP contribution in [0.3, 0.4) is 0 Å². The molecule has 5 N–H and O–H groups in total. The quantitative estimate of drug-likeness (QED) is 0.259. The van der Waals surface area contributed by atoms with Gasteiger partial charge in [0.1, 0.15) is 17.3 Å². The van der Waals surface area contributed by atoms with Crippen molar-refractivity contribution in [3.8, 4) is 0 Å². The fourth-order valence-corrected chi connectivity index (χ4v) is 3.49. The topological polar surface area (TPSA) is 124 Å². The number of primary amides is 1. The number of carbonyl (C=O) groups is 2. The van der Waals surface area contributed by atoms with Gasteiger partial charge >= 0.3 is 0 Å². The Kier molecular flexibility index (Phi) is 7.12. The zero-order valence-electron chi connectivity index (χ0n) is 16.4. The molecule has 1 amide bonds. The summed E-state index contributed by atoms with van der Waals surface area (Å²) in [5.41, 5.74) is 8.67. The minimum Gasteiger partial charge on any atom is -0.374 e. The number of benzene rings is 2. The van der Waals surface area contributed by atoms with Crippen LogP contribution in [0.2, 0.25) is 0 Å². The molecule has 0 radical (unpaired) electrons. The van der Waals surface area contributed by atoms with E-state index in [0.717, 1.165) is 22.5 Å². The summed E-state index contributed by atoms with van der Waals surface area (Å²) < 4.78 is 9.87. The normalized spacial score (nSPS) is 11.7. The number of rotatable bonds is 10. The maximum atomic E-state index is 11.8. The van der Waals surface area contributed by atoms with Crippen molar-refractivity contribution in [3.63, 3.8) is 0 Å². The SMILES string of the molecule is Cc1cc(Nc2cc(N(N)[C@@H](C=O)COCc3ccccc3)ccc2C(N)=O)sn1. The van der Waals surface area contributed by atoms with Gasteiger partial charge in [-0.3, -0.25) is 9.80 Å². The zero-order chi connectivity index (χ0) is 21.5. The Bertz CT molecular complexity index is 1010. The minimum atomic E-state index is -0.702. The van der Waals surface area contributed by atoms with E-state index in [0.29, 0.717) is 23.5 Å². The van der Waals surface area contributed by atoms with Crippen LogP contribution in [0.1, 0.15) is 21.6 Å². The van der Waals surface area contributed by atoms with Gasteiger partial charge in [-0.15, -0.1) is 0 Å². The maximum Gasteiger partial charge on any atom is 0.250 e. The number of hydrogen-bond acceptors (Lipinski definition) is 8. The second kappa shape index (κ2) is 9.97. The van der Waals surface area contributed by atoms with Crippen molar-refractivity contribution in [3.05, 3.63) is 71.4 Å². The largest absolute Gasteiger partial charge is 0.374 e. The number of hydrogen-bond donors (Lipinski definition) is 3. The molecule has 0 aliphatic rings. The maximum absolute atomic E-state index is 11.8. The average Bonchev–Trinajstić information content (AvgIpc) is 3.16. The predicted octanol–water partition coefficient (Wildman–Crippen LogP) is 2.76. The van der Waals surface area contributed by atoms with Gasteiger partial charge in [-0.2, -0.15) is 4.37 Å². The Morgan fingerprint density at radius 3 is 2.67 bits per heavy atom. The Labute approximate surface area is 178 Å². The smallest absolute Gasteiger partial charge is 0.250 e. The molecule has 0 saturated carbocycles. The van der Waals surface area contributed by atoms with Crippen molar-refractivity contribution in [1.82, 2.24) is 4.37 Å². The van der Waals surface area contributed by atoms with Gasteiger partial charge in [0.25, 0.3) is 5.91 Å². The molecule has 1 atom stereocenters. The first kappa shape index (κ1) is 21.4. The summed E-state index contributed by atoms with van der Waals surface area (Å²) in [4.78, 5) is 23.4. The van der Waals surface area contributed by atoms with Gasteiger partial charge in [0, 0.05) is 0 Å². The van der Waals surface area contributed by atoms with E-state index >= 15 is 0 Å². The van der Waals surface area contributed by atoms with Gasteiger partial charge in [-0.05, 0) is 48.3 Å². The first-order valence-electron chi connectivity index (χ1n) is 9.23. The molecule has 0 unspecified atom stereocenters. The van der Waals surface area contributed by atoms with Crippen molar-refractivity contribution in [2.45, 2.75) is 19.6 Å². The third-order valence-corrected chi connectivity index (χ3v) is 5.16. The van der Waals surface area contributed by atoms with Gasteiger partial charge in [-0.1, -0.05) is 30.3 Å². The van der Waals surface area contributed by atoms with E-state index in [2.05, 4.69) is 9.69 Å². The van der Waals surface area contributed by atoms with Crippen LogP contribution in [0, 0.1) is 6.92 Å². The lowest BCUT2D eigenvalue weighted by Gasteiger charge is -2.26. The van der Waals surface area contributed by atoms with E-state index in [1.807, 2.05) is 43.3 Å². The van der Waals surface area contributed by atoms with E-state index < -0.39 is 11.9 Å². The van der Waals surface area contributed by atoms with Crippen LogP contribution < -0.4 is 21.9 Å². The molecular formula is C21H23N5O3S. The number of nitrogens with two attached hydrogens (primary N) is 2. The molecule has 1 heterocycles. The lowest BCUT2D eigenvalue weighted by molar-refractivity contribution is -0.110. The number of amides is 1. The number of nitrogens with one attached hydrogen (secondary N) is 1. The van der Waals surface area contributed by atoms with Gasteiger partial charge in [0.05, 0.1) is 35.8 Å². The highest BCUT2D eigenvalue weighted by Gasteiger charge is 2.18. The number of hydrazine groups is 1. The summed E-state index contributed by atoms with van der Waals surface area (Å²) in [7, 11) is 0. The van der Waals surface area contributed by atoms with Crippen LogP contribution in [-0.2, 0) is 16.1 Å². The summed E-state index contributed by atoms with van der Waals surface area (Å²) in [5, 5.41) is 5.21. The summed E-state index contributed by atoms with van der Waals surface area (Å²) in [6, 6.07) is 15.7. The molecule has 0 spiro atoms. The Hall–Kier alpha value is -3.27. The van der Waals surface area contributed by atoms with E-state index in [9.17, 15) is 9.59 Å². The average molecular weight is 426 g/mol. The molecular weight excluding hydrogens is 402 g/mol. The number of ether oxygens (including phenoxy) is 1. The highest BCUT2D eigenvalue weighted by Crippen LogP contribution is 2.28. The molecule has 3 aromatic rings. The third kappa shape index (κ3) is 5.41. The molecule has 0 aliphatic carbocycles. The molecule has 1 aromatic heterocycles. The van der Waals surface area contributed by atoms with Gasteiger partial charge in [0.2, 0.25) is 0 Å². The van der Waals surface area contributed by atoms with E-state index in [4.69, 9.17) is 16.3 Å². The standard InChI is InChI=1S/C21H23N5O3S/c1-14-9-20(30-25-14)24-19-10-16(7-8-18(19)21(22)28)26(23)17(11-27)13-29-12-15-5-3-2-4-6-15/h2-11,17,24H,12-13,23H2,1H3,(H2,22,28)/t17-/m0/s1. The molecule has 8 nitrogen and oxygen atoms in total. The minimum absolute atomic E-state index is 0.114. The summed E-state index contributed by atoms with van der Waals surface area (Å²) in [5.74, 6) is 5.61. The van der Waals surface area contributed by atoms with Crippen LogP contribution in [-0.4, -0.2) is 29.2 Å². The third-order valence-electron chi connectivity index (χ3n) is 4.37. The number of anilines is 3. The second-order valence-electron chi connectivity index (χ2n) is 6.66. The van der Waals surface area contributed by atoms with Crippen molar-refractivity contribution < 1.29 is 14.3 Å². The van der Waals surface area contributed by atoms with E-state index in [1.165, 1.54) is 16.5 Å². The Morgan fingerprint density at radius 1 is 1.27 bits per heavy atom. The molecule has 30 heavy (non-hydrogen) atoms. The van der Waals surface area contributed by atoms with Crippen LogP contribution in [0.5, 0.6) is 0 Å². The molecule has 0 bridgehead atoms. The molecule has 0 saturated heterocycles. The monoisotopic (exact) mass is 425 g/mol. The predicted molar refractivity (Wildman–Crippen MR) is 118 cm³/mol. The number of aldehydes is 1. The second-order valence-corrected chi connectivity index (χ2v) is 7.47. The Balaban J connectivity index is 1.74. The van der Waals surface area contributed by atoms with Crippen molar-refractivity contribution in [2.75, 3.05) is 16.9 Å². The van der Waals surface area contributed by atoms with Crippen LogP contribution >= 0.6 is 11.5 Å². The molecule has 0 fully saturated rings. The van der Waals surface area contributed by atoms with E-state index in [1.54, 1.807) is 18.2 Å². The zero-order valence-corrected chi connectivity index (χ0v) is 17.3. The van der Waals surface area contributed by atoms with Gasteiger partial charge in [-0.25, -0.2) is 5.84 Å². The first-order chi connectivity index (χ1) is 14.5. The molecule has 0 aliphatic heterocycles. The van der Waals surface area contributed by atoms with Crippen LogP contribution in [0.4, 0.5) is 16.4 Å². The number of aryl methyl sites for hydroxylation is 1. The summed E-state index contributed by atoms with van der Waals surface area (Å²) >= 11 is 1.26. The molecule has 3 rings (SSSR count). The number of aromatic nitrogens is 1. The van der Waals surface area contributed by atoms with E-state index in [-0.39, 0.29) is 6.61 Å². The van der Waals surface area contributed by atoms with Crippen LogP contribution in [0.25, 0.3) is 0 Å².